The molecule has 0 bridgehead atoms. The maximum absolute atomic E-state index is 12.1. The number of carbonyl (C=O) groups excluding carboxylic acids is 1. The Balaban J connectivity index is 0.00000242. The molecule has 5 heteroatoms. The van der Waals surface area contributed by atoms with Crippen molar-refractivity contribution in [2.45, 2.75) is 51.7 Å². The van der Waals surface area contributed by atoms with Gasteiger partial charge < -0.3 is 15.4 Å². The smallest absolute Gasteiger partial charge is 0.261 e. The number of amides is 1. The third-order valence-corrected chi connectivity index (χ3v) is 3.79. The van der Waals surface area contributed by atoms with Gasteiger partial charge in [0.05, 0.1) is 0 Å². The van der Waals surface area contributed by atoms with Crippen molar-refractivity contribution in [2.75, 3.05) is 13.1 Å². The van der Waals surface area contributed by atoms with E-state index in [1.54, 1.807) is 6.92 Å². The van der Waals surface area contributed by atoms with Gasteiger partial charge in [0.15, 0.2) is 6.10 Å². The molecule has 1 aromatic rings. The van der Waals surface area contributed by atoms with Gasteiger partial charge in [0.1, 0.15) is 5.75 Å². The first-order chi connectivity index (χ1) is 9.86. The van der Waals surface area contributed by atoms with Crippen molar-refractivity contribution in [3.63, 3.8) is 0 Å². The zero-order valence-corrected chi connectivity index (χ0v) is 14.6. The molecular weight excluding hydrogens is 300 g/mol. The third kappa shape index (κ3) is 5.18. The molecule has 2 unspecified atom stereocenters. The van der Waals surface area contributed by atoms with Gasteiger partial charge in [0, 0.05) is 12.6 Å². The highest BCUT2D eigenvalue weighted by Gasteiger charge is 2.22. The van der Waals surface area contributed by atoms with E-state index in [0.29, 0.717) is 0 Å². The first-order valence-corrected chi connectivity index (χ1v) is 7.64. The van der Waals surface area contributed by atoms with E-state index < -0.39 is 6.10 Å². The lowest BCUT2D eigenvalue weighted by molar-refractivity contribution is -0.127. The standard InChI is InChI=1S/C17H26N2O2.ClH/c1-12(16(20)19-14-8-9-18-11-14)21-15-7-5-6-13(10-15)17(2,3)4;/h5-7,10,12,14,18H,8-9,11H2,1-4H3,(H,19,20);1H. The Morgan fingerprint density at radius 2 is 2.14 bits per heavy atom. The van der Waals surface area contributed by atoms with Crippen molar-refractivity contribution in [3.05, 3.63) is 29.8 Å². The predicted octanol–water partition coefficient (Wildman–Crippen LogP) is 2.65. The van der Waals surface area contributed by atoms with Crippen LogP contribution in [0.3, 0.4) is 0 Å². The fourth-order valence-electron chi connectivity index (χ4n) is 2.39. The Labute approximate surface area is 139 Å². The van der Waals surface area contributed by atoms with Crippen LogP contribution in [-0.2, 0) is 10.2 Å². The van der Waals surface area contributed by atoms with E-state index in [4.69, 9.17) is 4.74 Å². The lowest BCUT2D eigenvalue weighted by atomic mass is 9.87. The van der Waals surface area contributed by atoms with Gasteiger partial charge in [0.25, 0.3) is 5.91 Å². The minimum Gasteiger partial charge on any atom is -0.481 e. The van der Waals surface area contributed by atoms with Gasteiger partial charge in [-0.1, -0.05) is 32.9 Å². The van der Waals surface area contributed by atoms with Gasteiger partial charge in [-0.15, -0.1) is 12.4 Å². The van der Waals surface area contributed by atoms with Gasteiger partial charge in [-0.05, 0) is 43.0 Å². The molecule has 1 fully saturated rings. The number of halogens is 1. The Morgan fingerprint density at radius 3 is 2.73 bits per heavy atom. The molecule has 0 aromatic heterocycles. The van der Waals surface area contributed by atoms with Crippen molar-refractivity contribution >= 4 is 18.3 Å². The number of nitrogens with one attached hydrogen (secondary N) is 2. The first kappa shape index (κ1) is 18.8. The molecule has 22 heavy (non-hydrogen) atoms. The molecule has 0 spiro atoms. The van der Waals surface area contributed by atoms with Gasteiger partial charge >= 0.3 is 0 Å². The molecule has 2 atom stereocenters. The molecule has 1 aliphatic rings. The number of carbonyl (C=O) groups is 1. The van der Waals surface area contributed by atoms with Crippen LogP contribution in [0.2, 0.25) is 0 Å². The van der Waals surface area contributed by atoms with Crippen LogP contribution in [0.15, 0.2) is 24.3 Å². The summed E-state index contributed by atoms with van der Waals surface area (Å²) in [6.07, 6.45) is 0.499. The van der Waals surface area contributed by atoms with Crippen molar-refractivity contribution in [1.82, 2.24) is 10.6 Å². The summed E-state index contributed by atoms with van der Waals surface area (Å²) in [6, 6.07) is 8.20. The normalized spacial score (nSPS) is 19.2. The van der Waals surface area contributed by atoms with Crippen molar-refractivity contribution < 1.29 is 9.53 Å². The molecule has 124 valence electrons. The maximum Gasteiger partial charge on any atom is 0.261 e. The summed E-state index contributed by atoms with van der Waals surface area (Å²) in [5.74, 6) is 0.694. The molecule has 2 rings (SSSR count). The fraction of sp³-hybridized carbons (Fsp3) is 0.588. The minimum absolute atomic E-state index is 0. The molecule has 2 N–H and O–H groups in total. The number of benzene rings is 1. The summed E-state index contributed by atoms with van der Waals surface area (Å²) in [5, 5.41) is 6.25. The molecule has 1 aliphatic heterocycles. The van der Waals surface area contributed by atoms with Gasteiger partial charge in [0.2, 0.25) is 0 Å². The van der Waals surface area contributed by atoms with E-state index in [2.05, 4.69) is 37.5 Å². The van der Waals surface area contributed by atoms with E-state index in [0.717, 1.165) is 25.3 Å². The van der Waals surface area contributed by atoms with Crippen molar-refractivity contribution in [1.29, 1.82) is 0 Å². The summed E-state index contributed by atoms with van der Waals surface area (Å²) in [5.41, 5.74) is 1.27. The van der Waals surface area contributed by atoms with Gasteiger partial charge in [-0.2, -0.15) is 0 Å². The van der Waals surface area contributed by atoms with Gasteiger partial charge in [-0.3, -0.25) is 4.79 Å². The monoisotopic (exact) mass is 326 g/mol. The number of hydrogen-bond acceptors (Lipinski definition) is 3. The van der Waals surface area contributed by atoms with Crippen LogP contribution < -0.4 is 15.4 Å². The van der Waals surface area contributed by atoms with Gasteiger partial charge in [-0.25, -0.2) is 0 Å². The van der Waals surface area contributed by atoms with E-state index in [-0.39, 0.29) is 29.8 Å². The Kier molecular flexibility index (Phi) is 6.69. The van der Waals surface area contributed by atoms with Crippen LogP contribution in [0, 0.1) is 0 Å². The van der Waals surface area contributed by atoms with Crippen LogP contribution in [-0.4, -0.2) is 31.1 Å². The third-order valence-electron chi connectivity index (χ3n) is 3.79. The molecule has 4 nitrogen and oxygen atoms in total. The van der Waals surface area contributed by atoms with E-state index in [1.165, 1.54) is 5.56 Å². The van der Waals surface area contributed by atoms with Crippen LogP contribution in [0.25, 0.3) is 0 Å². The average Bonchev–Trinajstić information content (AvgIpc) is 2.91. The fourth-order valence-corrected chi connectivity index (χ4v) is 2.39. The zero-order valence-electron chi connectivity index (χ0n) is 13.8. The molecule has 1 amide bonds. The first-order valence-electron chi connectivity index (χ1n) is 7.64. The summed E-state index contributed by atoms with van der Waals surface area (Å²) >= 11 is 0. The van der Waals surface area contributed by atoms with E-state index in [9.17, 15) is 4.79 Å². The topological polar surface area (TPSA) is 50.4 Å². The summed E-state index contributed by atoms with van der Waals surface area (Å²) in [4.78, 5) is 12.1. The Morgan fingerprint density at radius 1 is 1.41 bits per heavy atom. The van der Waals surface area contributed by atoms with Crippen molar-refractivity contribution in [3.8, 4) is 5.75 Å². The molecular formula is C17H27ClN2O2. The second-order valence-corrected chi connectivity index (χ2v) is 6.74. The Hall–Kier alpha value is -1.26. The summed E-state index contributed by atoms with van der Waals surface area (Å²) in [6.45, 7) is 10.1. The quantitative estimate of drug-likeness (QED) is 0.894. The SMILES string of the molecule is CC(Oc1cccc(C(C)(C)C)c1)C(=O)NC1CCNC1.Cl. The van der Waals surface area contributed by atoms with Crippen LogP contribution >= 0.6 is 12.4 Å². The van der Waals surface area contributed by atoms with E-state index >= 15 is 0 Å². The zero-order chi connectivity index (χ0) is 15.5. The largest absolute Gasteiger partial charge is 0.481 e. The minimum atomic E-state index is -0.485. The molecule has 1 saturated heterocycles. The number of ether oxygens (including phenoxy) is 1. The van der Waals surface area contributed by atoms with Crippen LogP contribution in [0.1, 0.15) is 39.7 Å². The summed E-state index contributed by atoms with van der Waals surface area (Å²) < 4.78 is 5.79. The molecule has 0 aliphatic carbocycles. The molecule has 1 aromatic carbocycles. The average molecular weight is 327 g/mol. The number of rotatable bonds is 4. The van der Waals surface area contributed by atoms with Crippen molar-refractivity contribution in [2.24, 2.45) is 0 Å². The van der Waals surface area contributed by atoms with Crippen LogP contribution in [0.4, 0.5) is 0 Å². The molecule has 0 saturated carbocycles. The highest BCUT2D eigenvalue weighted by Crippen LogP contribution is 2.26. The second kappa shape index (κ2) is 7.84. The summed E-state index contributed by atoms with van der Waals surface area (Å²) in [7, 11) is 0. The Bertz CT molecular complexity index is 494. The lowest BCUT2D eigenvalue weighted by Crippen LogP contribution is -2.43. The highest BCUT2D eigenvalue weighted by molar-refractivity contribution is 5.85. The van der Waals surface area contributed by atoms with E-state index in [1.807, 2.05) is 18.2 Å². The molecule has 1 heterocycles. The lowest BCUT2D eigenvalue weighted by Gasteiger charge is -2.21. The number of hydrogen-bond donors (Lipinski definition) is 2. The maximum atomic E-state index is 12.1. The van der Waals surface area contributed by atoms with Crippen LogP contribution in [0.5, 0.6) is 5.75 Å². The highest BCUT2D eigenvalue weighted by atomic mass is 35.5. The second-order valence-electron chi connectivity index (χ2n) is 6.74. The predicted molar refractivity (Wildman–Crippen MR) is 91.9 cm³/mol. The molecule has 0 radical (unpaired) electrons.